The number of rotatable bonds is 2. The van der Waals surface area contributed by atoms with Crippen LogP contribution in [-0.2, 0) is 12.8 Å². The summed E-state index contributed by atoms with van der Waals surface area (Å²) in [5, 5.41) is 0. The molecule has 1 aromatic heterocycles. The Bertz CT molecular complexity index is 327. The molecule has 1 unspecified atom stereocenters. The van der Waals surface area contributed by atoms with Gasteiger partial charge in [-0.25, -0.2) is 4.39 Å². The van der Waals surface area contributed by atoms with Crippen LogP contribution in [0.1, 0.15) is 54.3 Å². The Balaban J connectivity index is 2.38. The summed E-state index contributed by atoms with van der Waals surface area (Å²) in [6, 6.07) is 0. The third-order valence-corrected chi connectivity index (χ3v) is 4.69. The van der Waals surface area contributed by atoms with E-state index in [-0.39, 0.29) is 5.82 Å². The van der Waals surface area contributed by atoms with Gasteiger partial charge in [0.15, 0.2) is 0 Å². The van der Waals surface area contributed by atoms with Gasteiger partial charge in [-0.2, -0.15) is 0 Å². The topological polar surface area (TPSA) is 0 Å². The van der Waals surface area contributed by atoms with Crippen LogP contribution in [-0.4, -0.2) is 0 Å². The molecule has 0 aliphatic heterocycles. The predicted octanol–water partition coefficient (Wildman–Crippen LogP) is 4.28. The highest BCUT2D eigenvalue weighted by Gasteiger charge is 2.22. The van der Waals surface area contributed by atoms with Gasteiger partial charge < -0.3 is 0 Å². The van der Waals surface area contributed by atoms with Gasteiger partial charge in [0.1, 0.15) is 5.82 Å². The lowest BCUT2D eigenvalue weighted by Gasteiger charge is -2.09. The smallest absolute Gasteiger partial charge is 0.140 e. The third kappa shape index (κ3) is 1.60. The molecule has 1 aliphatic rings. The molecule has 0 fully saturated rings. The molecule has 0 radical (unpaired) electrons. The zero-order valence-electron chi connectivity index (χ0n) is 8.90. The Morgan fingerprint density at radius 3 is 2.71 bits per heavy atom. The maximum atomic E-state index is 14.0. The number of thiophene rings is 1. The quantitative estimate of drug-likeness (QED) is 0.686. The van der Waals surface area contributed by atoms with Crippen molar-refractivity contribution < 1.29 is 4.39 Å². The van der Waals surface area contributed by atoms with Crippen LogP contribution in [0, 0.1) is 5.82 Å². The van der Waals surface area contributed by atoms with Crippen LogP contribution in [0.3, 0.4) is 0 Å². The van der Waals surface area contributed by atoms with Crippen LogP contribution in [0.2, 0.25) is 0 Å². The number of hydrogen-bond acceptors (Lipinski definition) is 1. The van der Waals surface area contributed by atoms with Gasteiger partial charge in [-0.3, -0.25) is 0 Å². The van der Waals surface area contributed by atoms with Gasteiger partial charge in [-0.05, 0) is 38.0 Å². The summed E-state index contributed by atoms with van der Waals surface area (Å²) in [6.45, 7) is 4.25. The lowest BCUT2D eigenvalue weighted by atomic mass is 9.97. The zero-order valence-corrected chi connectivity index (χ0v) is 9.72. The maximum absolute atomic E-state index is 14.0. The fourth-order valence-corrected chi connectivity index (χ4v) is 3.46. The molecule has 0 amide bonds. The van der Waals surface area contributed by atoms with Crippen LogP contribution >= 0.6 is 11.3 Å². The molecular formula is C12H17FS. The Kier molecular flexibility index (Phi) is 2.91. The van der Waals surface area contributed by atoms with Gasteiger partial charge in [0.2, 0.25) is 0 Å². The monoisotopic (exact) mass is 212 g/mol. The average molecular weight is 212 g/mol. The minimum absolute atomic E-state index is 0.124. The van der Waals surface area contributed by atoms with Crippen LogP contribution in [0.25, 0.3) is 0 Å². The Hall–Kier alpha value is -0.370. The van der Waals surface area contributed by atoms with Crippen molar-refractivity contribution in [3.8, 4) is 0 Å². The van der Waals surface area contributed by atoms with Crippen molar-refractivity contribution in [3.05, 3.63) is 21.1 Å². The second kappa shape index (κ2) is 4.01. The Labute approximate surface area is 89.2 Å². The SMILES string of the molecule is CCC(C)c1sc2c(c1F)CCCC2. The molecule has 1 atom stereocenters. The summed E-state index contributed by atoms with van der Waals surface area (Å²) >= 11 is 1.72. The molecule has 0 saturated carbocycles. The minimum atomic E-state index is 0.124. The van der Waals surface area contributed by atoms with E-state index in [1.807, 2.05) is 0 Å². The highest BCUT2D eigenvalue weighted by atomic mass is 32.1. The number of hydrogen-bond donors (Lipinski definition) is 0. The highest BCUT2D eigenvalue weighted by molar-refractivity contribution is 7.12. The van der Waals surface area contributed by atoms with Gasteiger partial charge in [0, 0.05) is 15.3 Å². The van der Waals surface area contributed by atoms with E-state index in [0.29, 0.717) is 5.92 Å². The highest BCUT2D eigenvalue weighted by Crippen LogP contribution is 2.37. The van der Waals surface area contributed by atoms with Crippen molar-refractivity contribution in [3.63, 3.8) is 0 Å². The molecule has 0 saturated heterocycles. The first-order valence-corrected chi connectivity index (χ1v) is 6.35. The molecule has 0 N–H and O–H groups in total. The third-order valence-electron chi connectivity index (χ3n) is 3.19. The minimum Gasteiger partial charge on any atom is -0.205 e. The molecule has 2 rings (SSSR count). The van der Waals surface area contributed by atoms with Crippen molar-refractivity contribution in [2.75, 3.05) is 0 Å². The standard InChI is InChI=1S/C12H17FS/c1-3-8(2)12-11(13)9-6-4-5-7-10(9)14-12/h8H,3-7H2,1-2H3. The van der Waals surface area contributed by atoms with Crippen LogP contribution in [0.5, 0.6) is 0 Å². The fourth-order valence-electron chi connectivity index (χ4n) is 2.05. The van der Waals surface area contributed by atoms with Gasteiger partial charge in [0.05, 0.1) is 0 Å². The van der Waals surface area contributed by atoms with Crippen molar-refractivity contribution in [2.24, 2.45) is 0 Å². The van der Waals surface area contributed by atoms with E-state index < -0.39 is 0 Å². The first-order valence-electron chi connectivity index (χ1n) is 5.54. The Morgan fingerprint density at radius 1 is 1.36 bits per heavy atom. The molecule has 1 aromatic rings. The molecule has 2 heteroatoms. The van der Waals surface area contributed by atoms with Crippen LogP contribution in [0.15, 0.2) is 0 Å². The van der Waals surface area contributed by atoms with E-state index in [9.17, 15) is 4.39 Å². The summed E-state index contributed by atoms with van der Waals surface area (Å²) in [5.41, 5.74) is 1.04. The first-order chi connectivity index (χ1) is 6.74. The van der Waals surface area contributed by atoms with E-state index in [2.05, 4.69) is 13.8 Å². The molecule has 1 heterocycles. The fraction of sp³-hybridized carbons (Fsp3) is 0.667. The second-order valence-corrected chi connectivity index (χ2v) is 5.34. The average Bonchev–Trinajstić information content (AvgIpc) is 2.56. The maximum Gasteiger partial charge on any atom is 0.140 e. The number of halogens is 1. The van der Waals surface area contributed by atoms with Crippen molar-refractivity contribution in [1.82, 2.24) is 0 Å². The van der Waals surface area contributed by atoms with Gasteiger partial charge in [-0.15, -0.1) is 11.3 Å². The lowest BCUT2D eigenvalue weighted by Crippen LogP contribution is -2.00. The summed E-state index contributed by atoms with van der Waals surface area (Å²) in [6.07, 6.45) is 5.52. The largest absolute Gasteiger partial charge is 0.205 e. The zero-order chi connectivity index (χ0) is 10.1. The summed E-state index contributed by atoms with van der Waals surface area (Å²) < 4.78 is 14.0. The van der Waals surface area contributed by atoms with Crippen molar-refractivity contribution >= 4 is 11.3 Å². The van der Waals surface area contributed by atoms with E-state index in [1.54, 1.807) is 11.3 Å². The summed E-state index contributed by atoms with van der Waals surface area (Å²) in [5.74, 6) is 0.518. The van der Waals surface area contributed by atoms with Crippen molar-refractivity contribution in [2.45, 2.75) is 51.9 Å². The van der Waals surface area contributed by atoms with Gasteiger partial charge in [-0.1, -0.05) is 13.8 Å². The van der Waals surface area contributed by atoms with Gasteiger partial charge in [0.25, 0.3) is 0 Å². The van der Waals surface area contributed by atoms with E-state index >= 15 is 0 Å². The van der Waals surface area contributed by atoms with Crippen LogP contribution in [0.4, 0.5) is 4.39 Å². The van der Waals surface area contributed by atoms with E-state index in [0.717, 1.165) is 29.7 Å². The number of aryl methyl sites for hydroxylation is 1. The summed E-state index contributed by atoms with van der Waals surface area (Å²) in [4.78, 5) is 2.32. The molecule has 1 aliphatic carbocycles. The number of fused-ring (bicyclic) bond motifs is 1. The lowest BCUT2D eigenvalue weighted by molar-refractivity contribution is 0.565. The Morgan fingerprint density at radius 2 is 2.07 bits per heavy atom. The predicted molar refractivity (Wildman–Crippen MR) is 59.6 cm³/mol. The van der Waals surface area contributed by atoms with Crippen LogP contribution < -0.4 is 0 Å². The molecule has 0 aromatic carbocycles. The van der Waals surface area contributed by atoms with E-state index in [4.69, 9.17) is 0 Å². The molecule has 14 heavy (non-hydrogen) atoms. The second-order valence-electron chi connectivity index (χ2n) is 4.20. The molecule has 78 valence electrons. The molecule has 0 bridgehead atoms. The normalized spacial score (nSPS) is 17.9. The molecule has 0 spiro atoms. The molecule has 0 nitrogen and oxygen atoms in total. The molecular weight excluding hydrogens is 195 g/mol. The van der Waals surface area contributed by atoms with E-state index in [1.165, 1.54) is 17.7 Å². The van der Waals surface area contributed by atoms with Gasteiger partial charge >= 0.3 is 0 Å². The van der Waals surface area contributed by atoms with Crippen molar-refractivity contribution in [1.29, 1.82) is 0 Å². The summed E-state index contributed by atoms with van der Waals surface area (Å²) in [7, 11) is 0. The first kappa shape index (κ1) is 10.2.